The third-order valence-corrected chi connectivity index (χ3v) is 4.84. The second kappa shape index (κ2) is 7.13. The number of hydrazone groups is 1. The maximum atomic E-state index is 13.5. The van der Waals surface area contributed by atoms with Crippen LogP contribution in [0.1, 0.15) is 21.7 Å². The molecule has 0 unspecified atom stereocenters. The fourth-order valence-corrected chi connectivity index (χ4v) is 3.39. The van der Waals surface area contributed by atoms with Crippen LogP contribution in [0.5, 0.6) is 0 Å². The molecule has 0 spiro atoms. The molecule has 0 atom stereocenters. The van der Waals surface area contributed by atoms with Crippen molar-refractivity contribution < 1.29 is 13.6 Å². The van der Waals surface area contributed by atoms with E-state index in [1.807, 2.05) is 31.2 Å². The summed E-state index contributed by atoms with van der Waals surface area (Å²) in [5, 5.41) is 5.82. The topological polar surface area (TPSA) is 58.7 Å². The first-order chi connectivity index (χ1) is 13.1. The number of fused-ring (bicyclic) bond motifs is 1. The van der Waals surface area contributed by atoms with Gasteiger partial charge in [0.05, 0.1) is 22.7 Å². The van der Waals surface area contributed by atoms with E-state index in [9.17, 15) is 9.18 Å². The van der Waals surface area contributed by atoms with E-state index < -0.39 is 5.91 Å². The second-order valence-corrected chi connectivity index (χ2v) is 6.87. The van der Waals surface area contributed by atoms with Gasteiger partial charge in [-0.15, -0.1) is 0 Å². The van der Waals surface area contributed by atoms with Crippen molar-refractivity contribution in [2.75, 3.05) is 5.01 Å². The highest BCUT2D eigenvalue weighted by molar-refractivity contribution is 7.22. The number of hydrogen-bond acceptors (Lipinski definition) is 5. The molecule has 0 bridgehead atoms. The molecule has 2 heterocycles. The molecule has 2 aromatic heterocycles. The van der Waals surface area contributed by atoms with Gasteiger partial charge in [-0.1, -0.05) is 41.2 Å². The molecule has 4 aromatic rings. The van der Waals surface area contributed by atoms with Crippen LogP contribution in [-0.4, -0.2) is 17.1 Å². The first kappa shape index (κ1) is 17.1. The Bertz CT molecular complexity index is 1120. The highest BCUT2D eigenvalue weighted by atomic mass is 32.1. The standard InChI is InChI=1S/C20H14FN3O2S/c1-13-4-6-14(7-5-13)12-22-24(19(25)17-3-2-10-26-17)20-23-16-9-8-15(21)11-18(16)27-20/h2-12H,1H3/b22-12-. The molecule has 0 saturated carbocycles. The molecule has 134 valence electrons. The summed E-state index contributed by atoms with van der Waals surface area (Å²) in [5.74, 6) is -0.672. The smallest absolute Gasteiger partial charge is 0.316 e. The van der Waals surface area contributed by atoms with Gasteiger partial charge in [-0.2, -0.15) is 10.1 Å². The molecule has 1 amide bonds. The van der Waals surface area contributed by atoms with E-state index in [2.05, 4.69) is 10.1 Å². The third-order valence-electron chi connectivity index (χ3n) is 3.84. The maximum Gasteiger partial charge on any atom is 0.316 e. The van der Waals surface area contributed by atoms with Gasteiger partial charge in [0, 0.05) is 0 Å². The monoisotopic (exact) mass is 379 g/mol. The van der Waals surface area contributed by atoms with E-state index in [1.54, 1.807) is 24.4 Å². The third kappa shape index (κ3) is 3.63. The fraction of sp³-hybridized carbons (Fsp3) is 0.0500. The molecule has 0 fully saturated rings. The SMILES string of the molecule is Cc1ccc(/C=N\N(C(=O)c2ccco2)c2nc3ccc(F)cc3s2)cc1. The average Bonchev–Trinajstić information content (AvgIpc) is 3.32. The first-order valence-corrected chi connectivity index (χ1v) is 8.96. The number of benzene rings is 2. The van der Waals surface area contributed by atoms with Crippen molar-refractivity contribution in [2.45, 2.75) is 6.92 Å². The number of rotatable bonds is 4. The number of thiazole rings is 1. The fourth-order valence-electron chi connectivity index (χ4n) is 2.45. The molecule has 2 aromatic carbocycles. The zero-order chi connectivity index (χ0) is 18.8. The van der Waals surface area contributed by atoms with Gasteiger partial charge in [-0.3, -0.25) is 4.79 Å². The Morgan fingerprint density at radius 2 is 2.04 bits per heavy atom. The van der Waals surface area contributed by atoms with Crippen molar-refractivity contribution in [1.82, 2.24) is 4.98 Å². The lowest BCUT2D eigenvalue weighted by molar-refractivity contribution is 0.0961. The Morgan fingerprint density at radius 1 is 1.22 bits per heavy atom. The van der Waals surface area contributed by atoms with Gasteiger partial charge in [0.2, 0.25) is 5.13 Å². The van der Waals surface area contributed by atoms with Crippen molar-refractivity contribution in [3.8, 4) is 0 Å². The molecule has 0 saturated heterocycles. The number of anilines is 1. The van der Waals surface area contributed by atoms with Crippen LogP contribution in [-0.2, 0) is 0 Å². The Morgan fingerprint density at radius 3 is 2.78 bits per heavy atom. The minimum absolute atomic E-state index is 0.140. The first-order valence-electron chi connectivity index (χ1n) is 8.15. The summed E-state index contributed by atoms with van der Waals surface area (Å²) in [4.78, 5) is 17.2. The quantitative estimate of drug-likeness (QED) is 0.370. The van der Waals surface area contributed by atoms with Gasteiger partial charge in [-0.05, 0) is 42.8 Å². The molecule has 0 radical (unpaired) electrons. The molecular formula is C20H14FN3O2S. The van der Waals surface area contributed by atoms with E-state index in [0.29, 0.717) is 15.3 Å². The van der Waals surface area contributed by atoms with Gasteiger partial charge in [-0.25, -0.2) is 9.37 Å². The molecule has 0 aliphatic heterocycles. The summed E-state index contributed by atoms with van der Waals surface area (Å²) in [6.45, 7) is 1.99. The summed E-state index contributed by atoms with van der Waals surface area (Å²) in [6, 6.07) is 15.2. The van der Waals surface area contributed by atoms with Crippen LogP contribution >= 0.6 is 11.3 Å². The van der Waals surface area contributed by atoms with Crippen molar-refractivity contribution in [3.05, 3.63) is 83.6 Å². The predicted octanol–water partition coefficient (Wildman–Crippen LogP) is 5.02. The van der Waals surface area contributed by atoms with Crippen LogP contribution in [0.4, 0.5) is 9.52 Å². The lowest BCUT2D eigenvalue weighted by Gasteiger charge is -2.11. The highest BCUT2D eigenvalue weighted by Gasteiger charge is 2.23. The van der Waals surface area contributed by atoms with Gasteiger partial charge >= 0.3 is 5.91 Å². The van der Waals surface area contributed by atoms with Crippen molar-refractivity contribution in [1.29, 1.82) is 0 Å². The molecule has 0 aliphatic rings. The van der Waals surface area contributed by atoms with E-state index in [-0.39, 0.29) is 11.6 Å². The summed E-state index contributed by atoms with van der Waals surface area (Å²) >= 11 is 1.18. The van der Waals surface area contributed by atoms with Gasteiger partial charge < -0.3 is 4.42 Å². The number of carbonyl (C=O) groups excluding carboxylic acids is 1. The summed E-state index contributed by atoms with van der Waals surface area (Å²) in [6.07, 6.45) is 3.00. The van der Waals surface area contributed by atoms with Crippen LogP contribution in [0.2, 0.25) is 0 Å². The lowest BCUT2D eigenvalue weighted by atomic mass is 10.2. The summed E-state index contributed by atoms with van der Waals surface area (Å²) in [7, 11) is 0. The number of nitrogens with zero attached hydrogens (tertiary/aromatic N) is 3. The number of amides is 1. The minimum Gasteiger partial charge on any atom is -0.459 e. The van der Waals surface area contributed by atoms with Crippen LogP contribution in [0.25, 0.3) is 10.2 Å². The van der Waals surface area contributed by atoms with E-state index in [0.717, 1.165) is 11.1 Å². The second-order valence-electron chi connectivity index (χ2n) is 5.86. The predicted molar refractivity (Wildman–Crippen MR) is 104 cm³/mol. The Kier molecular flexibility index (Phi) is 4.52. The molecule has 5 nitrogen and oxygen atoms in total. The van der Waals surface area contributed by atoms with Crippen molar-refractivity contribution in [3.63, 3.8) is 0 Å². The van der Waals surface area contributed by atoms with Crippen molar-refractivity contribution >= 4 is 38.8 Å². The highest BCUT2D eigenvalue weighted by Crippen LogP contribution is 2.30. The number of furan rings is 1. The van der Waals surface area contributed by atoms with Gasteiger partial charge in [0.1, 0.15) is 5.82 Å². The molecule has 4 rings (SSSR count). The zero-order valence-corrected chi connectivity index (χ0v) is 15.1. The van der Waals surface area contributed by atoms with Crippen LogP contribution in [0, 0.1) is 12.7 Å². The number of halogens is 1. The number of hydrogen-bond donors (Lipinski definition) is 0. The number of aromatic nitrogens is 1. The van der Waals surface area contributed by atoms with Gasteiger partial charge in [0.25, 0.3) is 0 Å². The molecule has 0 aliphatic carbocycles. The lowest BCUT2D eigenvalue weighted by Crippen LogP contribution is -2.25. The molecular weight excluding hydrogens is 365 g/mol. The van der Waals surface area contributed by atoms with Gasteiger partial charge in [0.15, 0.2) is 5.76 Å². The summed E-state index contributed by atoms with van der Waals surface area (Å²) < 4.78 is 19.3. The number of carbonyl (C=O) groups is 1. The van der Waals surface area contributed by atoms with E-state index in [4.69, 9.17) is 4.42 Å². The molecule has 27 heavy (non-hydrogen) atoms. The average molecular weight is 379 g/mol. The minimum atomic E-state index is -0.456. The Balaban J connectivity index is 1.74. The molecule has 0 N–H and O–H groups in total. The van der Waals surface area contributed by atoms with Crippen LogP contribution < -0.4 is 5.01 Å². The normalized spacial score (nSPS) is 11.3. The van der Waals surface area contributed by atoms with Crippen LogP contribution in [0.3, 0.4) is 0 Å². The van der Waals surface area contributed by atoms with E-state index >= 15 is 0 Å². The Labute approximate surface area is 158 Å². The maximum absolute atomic E-state index is 13.5. The van der Waals surface area contributed by atoms with Crippen molar-refractivity contribution in [2.24, 2.45) is 5.10 Å². The largest absolute Gasteiger partial charge is 0.459 e. The Hall–Kier alpha value is -3.32. The summed E-state index contributed by atoms with van der Waals surface area (Å²) in [5.41, 5.74) is 2.56. The zero-order valence-electron chi connectivity index (χ0n) is 14.3. The molecule has 7 heteroatoms. The number of aryl methyl sites for hydroxylation is 1. The van der Waals surface area contributed by atoms with Crippen LogP contribution in [0.15, 0.2) is 70.4 Å². The van der Waals surface area contributed by atoms with E-state index in [1.165, 1.54) is 34.7 Å².